The van der Waals surface area contributed by atoms with E-state index in [2.05, 4.69) is 14.9 Å². The molecule has 1 fully saturated rings. The van der Waals surface area contributed by atoms with Crippen LogP contribution in [0.1, 0.15) is 24.1 Å². The number of fused-ring (bicyclic) bond motifs is 2. The van der Waals surface area contributed by atoms with Crippen molar-refractivity contribution in [3.05, 3.63) is 76.4 Å². The van der Waals surface area contributed by atoms with E-state index in [0.29, 0.717) is 10.0 Å². The average Bonchev–Trinajstić information content (AvgIpc) is 3.42. The fourth-order valence-electron chi connectivity index (χ4n) is 4.93. The maximum absolute atomic E-state index is 8.80. The van der Waals surface area contributed by atoms with E-state index in [1.54, 1.807) is 12.3 Å². The van der Waals surface area contributed by atoms with Gasteiger partial charge >= 0.3 is 0 Å². The monoisotopic (exact) mass is 494 g/mol. The standard InChI is InChI=1S/C24H20Cl2N6S/c25-16-4-1-5-18(20(16)26)33-19-14-30-23(32-12-9-29-22(19)32)31-10-6-24(7-11-31)13-17-15(21(24)27)3-2-8-28-17/h1-5,8-9,12,14,27H,6-7,10-11,13H2. The van der Waals surface area contributed by atoms with Gasteiger partial charge in [-0.1, -0.05) is 41.0 Å². The van der Waals surface area contributed by atoms with E-state index >= 15 is 0 Å². The highest BCUT2D eigenvalue weighted by molar-refractivity contribution is 7.99. The van der Waals surface area contributed by atoms with Gasteiger partial charge in [-0.3, -0.25) is 9.38 Å². The van der Waals surface area contributed by atoms with E-state index in [1.165, 1.54) is 11.8 Å². The minimum Gasteiger partial charge on any atom is -0.342 e. The molecule has 6 nitrogen and oxygen atoms in total. The van der Waals surface area contributed by atoms with E-state index in [0.717, 1.165) is 70.7 Å². The molecule has 4 heterocycles. The predicted octanol–water partition coefficient (Wildman–Crippen LogP) is 5.79. The summed E-state index contributed by atoms with van der Waals surface area (Å²) in [6, 6.07) is 9.57. The average molecular weight is 495 g/mol. The van der Waals surface area contributed by atoms with E-state index in [9.17, 15) is 0 Å². The number of imidazole rings is 1. The summed E-state index contributed by atoms with van der Waals surface area (Å²) < 4.78 is 2.04. The van der Waals surface area contributed by atoms with E-state index in [4.69, 9.17) is 33.6 Å². The molecule has 6 rings (SSSR count). The van der Waals surface area contributed by atoms with Gasteiger partial charge in [-0.15, -0.1) is 0 Å². The fraction of sp³-hybridized carbons (Fsp3) is 0.250. The van der Waals surface area contributed by atoms with Crippen LogP contribution in [0, 0.1) is 10.8 Å². The number of pyridine rings is 1. The second-order valence-electron chi connectivity index (χ2n) is 8.51. The van der Waals surface area contributed by atoms with Gasteiger partial charge in [0.25, 0.3) is 0 Å². The number of halogens is 2. The number of aromatic nitrogens is 4. The molecule has 33 heavy (non-hydrogen) atoms. The van der Waals surface area contributed by atoms with Gasteiger partial charge in [0.2, 0.25) is 5.95 Å². The molecular weight excluding hydrogens is 475 g/mol. The summed E-state index contributed by atoms with van der Waals surface area (Å²) in [5, 5.41) is 9.87. The minimum atomic E-state index is -0.111. The SMILES string of the molecule is N=C1c2cccnc2CC12CCN(c1ncc(Sc3cccc(Cl)c3Cl)c3nccn13)CC2. The summed E-state index contributed by atoms with van der Waals surface area (Å²) in [5.41, 5.74) is 3.55. The Bertz CT molecular complexity index is 1390. The first-order valence-corrected chi connectivity index (χ1v) is 12.4. The van der Waals surface area contributed by atoms with Gasteiger partial charge in [0.15, 0.2) is 5.65 Å². The van der Waals surface area contributed by atoms with E-state index in [1.807, 2.05) is 47.3 Å². The van der Waals surface area contributed by atoms with E-state index < -0.39 is 0 Å². The highest BCUT2D eigenvalue weighted by Gasteiger charge is 2.45. The van der Waals surface area contributed by atoms with Crippen LogP contribution in [0.5, 0.6) is 0 Å². The number of nitrogens with one attached hydrogen (secondary N) is 1. The fourth-order valence-corrected chi connectivity index (χ4v) is 6.34. The first-order valence-electron chi connectivity index (χ1n) is 10.8. The summed E-state index contributed by atoms with van der Waals surface area (Å²) >= 11 is 14.1. The number of nitrogens with zero attached hydrogens (tertiary/aromatic N) is 5. The Labute approximate surface area is 205 Å². The van der Waals surface area contributed by atoms with Gasteiger partial charge in [0.05, 0.1) is 20.6 Å². The molecule has 3 aromatic heterocycles. The highest BCUT2D eigenvalue weighted by atomic mass is 35.5. The quantitative estimate of drug-likeness (QED) is 0.390. The van der Waals surface area contributed by atoms with Crippen molar-refractivity contribution in [2.45, 2.75) is 29.1 Å². The van der Waals surface area contributed by atoms with Crippen molar-refractivity contribution in [1.29, 1.82) is 5.41 Å². The molecule has 0 bridgehead atoms. The lowest BCUT2D eigenvalue weighted by molar-refractivity contribution is 0.325. The van der Waals surface area contributed by atoms with Crippen molar-refractivity contribution >= 4 is 52.3 Å². The van der Waals surface area contributed by atoms with Gasteiger partial charge in [-0.25, -0.2) is 9.97 Å². The third-order valence-electron chi connectivity index (χ3n) is 6.71. The topological polar surface area (TPSA) is 70.2 Å². The molecule has 1 aliphatic heterocycles. The molecule has 0 unspecified atom stereocenters. The van der Waals surface area contributed by atoms with E-state index in [-0.39, 0.29) is 5.41 Å². The Morgan fingerprint density at radius 1 is 0.970 bits per heavy atom. The highest BCUT2D eigenvalue weighted by Crippen LogP contribution is 2.44. The van der Waals surface area contributed by atoms with Crippen LogP contribution >= 0.6 is 35.0 Å². The lowest BCUT2D eigenvalue weighted by Crippen LogP contribution is -2.44. The zero-order valence-corrected chi connectivity index (χ0v) is 20.0. The maximum atomic E-state index is 8.80. The molecule has 4 aromatic rings. The molecule has 0 saturated carbocycles. The lowest BCUT2D eigenvalue weighted by atomic mass is 9.75. The van der Waals surface area contributed by atoms with Crippen molar-refractivity contribution in [3.63, 3.8) is 0 Å². The number of anilines is 1. The van der Waals surface area contributed by atoms with Crippen LogP contribution in [-0.2, 0) is 6.42 Å². The molecule has 9 heteroatoms. The molecule has 2 aliphatic rings. The molecule has 1 spiro atoms. The number of piperidine rings is 1. The molecule has 1 aliphatic carbocycles. The normalized spacial score (nSPS) is 17.2. The summed E-state index contributed by atoms with van der Waals surface area (Å²) in [6.07, 6.45) is 10.1. The van der Waals surface area contributed by atoms with Crippen molar-refractivity contribution in [2.24, 2.45) is 5.41 Å². The lowest BCUT2D eigenvalue weighted by Gasteiger charge is -2.39. The van der Waals surface area contributed by atoms with Crippen molar-refractivity contribution < 1.29 is 0 Å². The summed E-state index contributed by atoms with van der Waals surface area (Å²) in [5.74, 6) is 0.874. The maximum Gasteiger partial charge on any atom is 0.211 e. The number of hydrogen-bond donors (Lipinski definition) is 1. The Hall–Kier alpha value is -2.61. The molecule has 1 aromatic carbocycles. The minimum absolute atomic E-state index is 0.111. The Kier molecular flexibility index (Phi) is 5.09. The Morgan fingerprint density at radius 2 is 1.82 bits per heavy atom. The van der Waals surface area contributed by atoms with Gasteiger partial charge < -0.3 is 10.3 Å². The van der Waals surface area contributed by atoms with Crippen LogP contribution < -0.4 is 4.90 Å². The zero-order valence-electron chi connectivity index (χ0n) is 17.6. The Morgan fingerprint density at radius 3 is 2.64 bits per heavy atom. The molecule has 0 radical (unpaired) electrons. The van der Waals surface area contributed by atoms with Crippen LogP contribution in [0.3, 0.4) is 0 Å². The second-order valence-corrected chi connectivity index (χ2v) is 10.4. The Balaban J connectivity index is 1.26. The predicted molar refractivity (Wildman–Crippen MR) is 132 cm³/mol. The number of hydrogen-bond acceptors (Lipinski definition) is 6. The van der Waals surface area contributed by atoms with Gasteiger partial charge in [0.1, 0.15) is 0 Å². The number of rotatable bonds is 3. The molecule has 166 valence electrons. The van der Waals surface area contributed by atoms with Crippen LogP contribution in [0.4, 0.5) is 5.95 Å². The van der Waals surface area contributed by atoms with Crippen LogP contribution in [0.2, 0.25) is 10.0 Å². The molecule has 1 saturated heterocycles. The smallest absolute Gasteiger partial charge is 0.211 e. The third-order valence-corrected chi connectivity index (χ3v) is 8.71. The summed E-state index contributed by atoms with van der Waals surface area (Å²) in [6.45, 7) is 1.67. The van der Waals surface area contributed by atoms with Gasteiger partial charge in [-0.05, 0) is 37.1 Å². The second kappa shape index (κ2) is 8.01. The van der Waals surface area contributed by atoms with Crippen molar-refractivity contribution in [3.8, 4) is 0 Å². The van der Waals surface area contributed by atoms with Gasteiger partial charge in [-0.2, -0.15) is 0 Å². The largest absolute Gasteiger partial charge is 0.342 e. The van der Waals surface area contributed by atoms with Crippen LogP contribution in [0.15, 0.2) is 64.9 Å². The van der Waals surface area contributed by atoms with Crippen molar-refractivity contribution in [2.75, 3.05) is 18.0 Å². The van der Waals surface area contributed by atoms with Gasteiger partial charge in [0, 0.05) is 65.9 Å². The van der Waals surface area contributed by atoms with Crippen LogP contribution in [-0.4, -0.2) is 38.2 Å². The molecule has 0 amide bonds. The summed E-state index contributed by atoms with van der Waals surface area (Å²) in [4.78, 5) is 18.0. The number of benzene rings is 1. The first-order chi connectivity index (χ1) is 16.1. The zero-order chi connectivity index (χ0) is 22.6. The molecule has 1 N–H and O–H groups in total. The van der Waals surface area contributed by atoms with Crippen molar-refractivity contribution in [1.82, 2.24) is 19.4 Å². The first kappa shape index (κ1) is 21.0. The molecular formula is C24H20Cl2N6S. The molecule has 0 atom stereocenters. The summed E-state index contributed by atoms with van der Waals surface area (Å²) in [7, 11) is 0. The third kappa shape index (κ3) is 3.41. The van der Waals surface area contributed by atoms with Crippen LogP contribution in [0.25, 0.3) is 5.65 Å².